The van der Waals surface area contributed by atoms with Crippen LogP contribution in [0.3, 0.4) is 0 Å². The molecule has 3 N–H and O–H groups in total. The summed E-state index contributed by atoms with van der Waals surface area (Å²) in [5.74, 6) is 0.341. The number of carbonyl (C=O) groups is 1. The summed E-state index contributed by atoms with van der Waals surface area (Å²) in [7, 11) is 1.47. The number of aromatic nitrogens is 1. The molecule has 0 radical (unpaired) electrons. The van der Waals surface area contributed by atoms with E-state index >= 15 is 0 Å². The van der Waals surface area contributed by atoms with Crippen LogP contribution in [0.4, 0.5) is 4.79 Å². The molecule has 2 rings (SSSR count). The third-order valence-corrected chi connectivity index (χ3v) is 3.77. The number of amides is 1. The zero-order valence-electron chi connectivity index (χ0n) is 12.4. The molecule has 7 heteroatoms. The lowest BCUT2D eigenvalue weighted by molar-refractivity contribution is 0.120. The predicted octanol–water partition coefficient (Wildman–Crippen LogP) is 2.66. The first-order chi connectivity index (χ1) is 11.0. The number of hydrogen-bond donors (Lipinski definition) is 3. The Bertz CT molecular complexity index is 681. The molecule has 1 aromatic carbocycles. The van der Waals surface area contributed by atoms with Gasteiger partial charge in [-0.05, 0) is 29.7 Å². The topological polar surface area (TPSA) is 91.7 Å². The number of nitrogens with zero attached hydrogens (tertiary/aromatic N) is 1. The van der Waals surface area contributed by atoms with E-state index in [1.807, 2.05) is 0 Å². The number of hydrogen-bond acceptors (Lipinski definition) is 4. The van der Waals surface area contributed by atoms with E-state index in [1.165, 1.54) is 13.3 Å². The fourth-order valence-electron chi connectivity index (χ4n) is 2.25. The van der Waals surface area contributed by atoms with Crippen molar-refractivity contribution in [2.75, 3.05) is 7.11 Å². The van der Waals surface area contributed by atoms with Crippen LogP contribution in [0.25, 0.3) is 0 Å². The van der Waals surface area contributed by atoms with Crippen molar-refractivity contribution >= 4 is 17.7 Å². The van der Waals surface area contributed by atoms with E-state index in [0.717, 1.165) is 5.56 Å². The second-order valence-electron chi connectivity index (χ2n) is 4.93. The van der Waals surface area contributed by atoms with Crippen LogP contribution in [0.1, 0.15) is 17.2 Å². The molecule has 0 aliphatic rings. The lowest BCUT2D eigenvalue weighted by Crippen LogP contribution is -2.40. The number of aliphatic hydroxyl groups excluding tert-OH is 1. The first-order valence-corrected chi connectivity index (χ1v) is 7.30. The smallest absolute Gasteiger partial charge is 0.404 e. The first-order valence-electron chi connectivity index (χ1n) is 6.92. The van der Waals surface area contributed by atoms with E-state index < -0.39 is 18.2 Å². The second kappa shape index (κ2) is 7.80. The number of carboxylic acid groups (broad SMARTS) is 1. The molecule has 0 saturated heterocycles. The van der Waals surface area contributed by atoms with Crippen molar-refractivity contribution in [2.24, 2.45) is 0 Å². The number of halogens is 1. The number of ether oxygens (including phenoxy) is 1. The fraction of sp³-hybridized carbons (Fsp3) is 0.250. The van der Waals surface area contributed by atoms with Crippen LogP contribution in [0, 0.1) is 0 Å². The van der Waals surface area contributed by atoms with Crippen LogP contribution in [-0.2, 0) is 6.42 Å². The second-order valence-corrected chi connectivity index (χ2v) is 5.34. The molecule has 1 heterocycles. The number of pyridine rings is 1. The molecule has 2 atom stereocenters. The minimum atomic E-state index is -1.22. The molecule has 2 unspecified atom stereocenters. The first kappa shape index (κ1) is 17.1. The van der Waals surface area contributed by atoms with Crippen molar-refractivity contribution in [1.29, 1.82) is 0 Å². The molecule has 0 aliphatic carbocycles. The molecule has 0 spiro atoms. The third-order valence-electron chi connectivity index (χ3n) is 3.40. The van der Waals surface area contributed by atoms with Gasteiger partial charge in [0.1, 0.15) is 0 Å². The van der Waals surface area contributed by atoms with Gasteiger partial charge < -0.3 is 20.3 Å². The maximum atomic E-state index is 11.1. The quantitative estimate of drug-likeness (QED) is 0.754. The zero-order chi connectivity index (χ0) is 16.8. The minimum Gasteiger partial charge on any atom is -0.481 e. The molecular weight excluding hydrogens is 320 g/mol. The maximum Gasteiger partial charge on any atom is 0.404 e. The number of nitrogens with one attached hydrogen (secondary N) is 1. The molecule has 0 fully saturated rings. The van der Waals surface area contributed by atoms with Gasteiger partial charge in [0, 0.05) is 17.3 Å². The maximum absolute atomic E-state index is 11.1. The van der Waals surface area contributed by atoms with Crippen LogP contribution >= 0.6 is 11.6 Å². The number of rotatable bonds is 6. The van der Waals surface area contributed by atoms with Crippen LogP contribution in [0.5, 0.6) is 5.88 Å². The van der Waals surface area contributed by atoms with Gasteiger partial charge in [0.25, 0.3) is 0 Å². The van der Waals surface area contributed by atoms with Crippen molar-refractivity contribution in [3.8, 4) is 5.88 Å². The molecule has 0 bridgehead atoms. The van der Waals surface area contributed by atoms with Gasteiger partial charge in [0.15, 0.2) is 0 Å². The molecule has 122 valence electrons. The molecule has 1 aromatic heterocycles. The number of benzene rings is 1. The van der Waals surface area contributed by atoms with Crippen LogP contribution in [0.2, 0.25) is 5.02 Å². The van der Waals surface area contributed by atoms with E-state index in [1.54, 1.807) is 36.4 Å². The largest absolute Gasteiger partial charge is 0.481 e. The van der Waals surface area contributed by atoms with E-state index in [0.29, 0.717) is 16.5 Å². The summed E-state index contributed by atoms with van der Waals surface area (Å²) < 4.78 is 5.02. The Morgan fingerprint density at radius 3 is 2.78 bits per heavy atom. The Hall–Kier alpha value is -2.31. The van der Waals surface area contributed by atoms with Crippen LogP contribution in [-0.4, -0.2) is 34.4 Å². The van der Waals surface area contributed by atoms with Crippen molar-refractivity contribution < 1.29 is 19.7 Å². The Morgan fingerprint density at radius 1 is 1.39 bits per heavy atom. The fourth-order valence-corrected chi connectivity index (χ4v) is 2.47. The standard InChI is InChI=1S/C16H17ClN2O4/c1-23-14-9-11(6-7-18-14)15(20)13(19-16(21)22)8-10-4-2-3-5-12(10)17/h2-7,9,13,15,19-20H,8H2,1H3,(H,21,22). The average Bonchev–Trinajstić information content (AvgIpc) is 2.55. The number of methoxy groups -OCH3 is 1. The van der Waals surface area contributed by atoms with Crippen LogP contribution < -0.4 is 10.1 Å². The number of aliphatic hydroxyl groups is 1. The highest BCUT2D eigenvalue weighted by Crippen LogP contribution is 2.24. The molecule has 6 nitrogen and oxygen atoms in total. The summed E-state index contributed by atoms with van der Waals surface area (Å²) in [5, 5.41) is 22.4. The third kappa shape index (κ3) is 4.58. The van der Waals surface area contributed by atoms with Crippen molar-refractivity contribution in [3.05, 3.63) is 58.7 Å². The molecule has 0 aliphatic heterocycles. The monoisotopic (exact) mass is 336 g/mol. The average molecular weight is 337 g/mol. The highest BCUT2D eigenvalue weighted by molar-refractivity contribution is 6.31. The Morgan fingerprint density at radius 2 is 2.13 bits per heavy atom. The summed E-state index contributed by atoms with van der Waals surface area (Å²) in [6.45, 7) is 0. The Labute approximate surface area is 138 Å². The summed E-state index contributed by atoms with van der Waals surface area (Å²) in [6.07, 6.45) is -0.552. The molecular formula is C16H17ClN2O4. The highest BCUT2D eigenvalue weighted by Gasteiger charge is 2.24. The lowest BCUT2D eigenvalue weighted by atomic mass is 9.96. The van der Waals surface area contributed by atoms with Gasteiger partial charge in [-0.25, -0.2) is 9.78 Å². The summed E-state index contributed by atoms with van der Waals surface area (Å²) >= 11 is 6.12. The summed E-state index contributed by atoms with van der Waals surface area (Å²) in [6, 6.07) is 9.51. The van der Waals surface area contributed by atoms with E-state index in [4.69, 9.17) is 21.4 Å². The van der Waals surface area contributed by atoms with Crippen LogP contribution in [0.15, 0.2) is 42.6 Å². The highest BCUT2D eigenvalue weighted by atomic mass is 35.5. The summed E-state index contributed by atoms with van der Waals surface area (Å²) in [5.41, 5.74) is 1.25. The van der Waals surface area contributed by atoms with Gasteiger partial charge in [-0.15, -0.1) is 0 Å². The van der Waals surface area contributed by atoms with E-state index in [2.05, 4.69) is 10.3 Å². The van der Waals surface area contributed by atoms with Gasteiger partial charge >= 0.3 is 6.09 Å². The van der Waals surface area contributed by atoms with Gasteiger partial charge in [-0.2, -0.15) is 0 Å². The van der Waals surface area contributed by atoms with Gasteiger partial charge in [-0.3, -0.25) is 0 Å². The van der Waals surface area contributed by atoms with E-state index in [9.17, 15) is 9.90 Å². The predicted molar refractivity (Wildman–Crippen MR) is 85.9 cm³/mol. The van der Waals surface area contributed by atoms with E-state index in [-0.39, 0.29) is 6.42 Å². The normalized spacial score (nSPS) is 13.2. The van der Waals surface area contributed by atoms with Gasteiger partial charge in [0.05, 0.1) is 19.3 Å². The Balaban J connectivity index is 2.26. The molecule has 23 heavy (non-hydrogen) atoms. The molecule has 0 saturated carbocycles. The Kier molecular flexibility index (Phi) is 5.78. The summed E-state index contributed by atoms with van der Waals surface area (Å²) in [4.78, 5) is 15.0. The molecule has 1 amide bonds. The van der Waals surface area contributed by atoms with Crippen molar-refractivity contribution in [2.45, 2.75) is 18.6 Å². The SMILES string of the molecule is COc1cc(C(O)C(Cc2ccccc2Cl)NC(=O)O)ccn1. The zero-order valence-corrected chi connectivity index (χ0v) is 13.2. The van der Waals surface area contributed by atoms with Gasteiger partial charge in [-0.1, -0.05) is 29.8 Å². The van der Waals surface area contributed by atoms with Crippen molar-refractivity contribution in [3.63, 3.8) is 0 Å². The lowest BCUT2D eigenvalue weighted by Gasteiger charge is -2.24. The van der Waals surface area contributed by atoms with Crippen molar-refractivity contribution in [1.82, 2.24) is 10.3 Å². The minimum absolute atomic E-state index is 0.248. The molecule has 2 aromatic rings. The van der Waals surface area contributed by atoms with Gasteiger partial charge in [0.2, 0.25) is 5.88 Å².